The molecule has 0 bridgehead atoms. The molecule has 118 valence electrons. The van der Waals surface area contributed by atoms with Crippen LogP contribution in [0.5, 0.6) is 5.75 Å². The second-order valence-corrected chi connectivity index (χ2v) is 5.98. The molecule has 0 fully saturated rings. The molecule has 6 heteroatoms. The lowest BCUT2D eigenvalue weighted by Crippen LogP contribution is -2.28. The lowest BCUT2D eigenvalue weighted by Gasteiger charge is -2.10. The number of hydrogen-bond donors (Lipinski definition) is 1. The summed E-state index contributed by atoms with van der Waals surface area (Å²) in [6.07, 6.45) is 3.59. The summed E-state index contributed by atoms with van der Waals surface area (Å²) in [6.45, 7) is 0.409. The molecule has 0 aliphatic heterocycles. The monoisotopic (exact) mass is 373 g/mol. The van der Waals surface area contributed by atoms with Gasteiger partial charge in [0.1, 0.15) is 5.75 Å². The second kappa shape index (κ2) is 6.83. The zero-order valence-corrected chi connectivity index (χ0v) is 14.2. The maximum absolute atomic E-state index is 11.9. The Bertz CT molecular complexity index is 845. The molecule has 0 aliphatic carbocycles. The fraction of sp³-hybridized carbons (Fsp3) is 0.176. The Labute approximate surface area is 142 Å². The van der Waals surface area contributed by atoms with Crippen molar-refractivity contribution in [2.45, 2.75) is 6.54 Å². The Balaban J connectivity index is 1.59. The number of nitrogens with one attached hydrogen (secondary N) is 1. The number of ether oxygens (including phenoxy) is 1. The SMILES string of the molecule is Cn1cc(CNC(=O)COc2ccc3ccccc3c2Br)cn1. The molecule has 23 heavy (non-hydrogen) atoms. The summed E-state index contributed by atoms with van der Waals surface area (Å²) in [6, 6.07) is 11.8. The molecular weight excluding hydrogens is 358 g/mol. The van der Waals surface area contributed by atoms with Crippen molar-refractivity contribution in [1.82, 2.24) is 15.1 Å². The van der Waals surface area contributed by atoms with Crippen molar-refractivity contribution in [2.24, 2.45) is 7.05 Å². The summed E-state index contributed by atoms with van der Waals surface area (Å²) in [5.74, 6) is 0.481. The predicted octanol–water partition coefficient (Wildman–Crippen LogP) is 3.03. The van der Waals surface area contributed by atoms with Crippen molar-refractivity contribution in [3.63, 3.8) is 0 Å². The number of carbonyl (C=O) groups is 1. The van der Waals surface area contributed by atoms with Crippen LogP contribution in [0.15, 0.2) is 53.3 Å². The van der Waals surface area contributed by atoms with E-state index >= 15 is 0 Å². The van der Waals surface area contributed by atoms with Crippen LogP contribution in [0.2, 0.25) is 0 Å². The van der Waals surface area contributed by atoms with E-state index in [2.05, 4.69) is 26.3 Å². The van der Waals surface area contributed by atoms with Gasteiger partial charge >= 0.3 is 0 Å². The van der Waals surface area contributed by atoms with Crippen LogP contribution in [0, 0.1) is 0 Å². The van der Waals surface area contributed by atoms with E-state index in [1.165, 1.54) is 0 Å². The van der Waals surface area contributed by atoms with Crippen molar-refractivity contribution in [3.8, 4) is 5.75 Å². The van der Waals surface area contributed by atoms with Gasteiger partial charge in [-0.05, 0) is 32.8 Å². The van der Waals surface area contributed by atoms with Crippen LogP contribution in [0.3, 0.4) is 0 Å². The third-order valence-corrected chi connectivity index (χ3v) is 4.25. The zero-order chi connectivity index (χ0) is 16.2. The smallest absolute Gasteiger partial charge is 0.258 e. The molecule has 0 spiro atoms. The van der Waals surface area contributed by atoms with Crippen LogP contribution in [0.1, 0.15) is 5.56 Å². The number of rotatable bonds is 5. The average molecular weight is 374 g/mol. The van der Waals surface area contributed by atoms with Gasteiger partial charge in [-0.25, -0.2) is 0 Å². The molecule has 1 heterocycles. The summed E-state index contributed by atoms with van der Waals surface area (Å²) in [5.41, 5.74) is 0.952. The second-order valence-electron chi connectivity index (χ2n) is 5.19. The highest BCUT2D eigenvalue weighted by molar-refractivity contribution is 9.10. The van der Waals surface area contributed by atoms with Crippen LogP contribution < -0.4 is 10.1 Å². The number of halogens is 1. The van der Waals surface area contributed by atoms with Crippen LogP contribution in [0.25, 0.3) is 10.8 Å². The van der Waals surface area contributed by atoms with E-state index in [1.807, 2.05) is 49.6 Å². The van der Waals surface area contributed by atoms with Gasteiger partial charge in [0.15, 0.2) is 6.61 Å². The molecule has 0 aliphatic rings. The molecule has 0 radical (unpaired) electrons. The van der Waals surface area contributed by atoms with Crippen molar-refractivity contribution >= 4 is 32.6 Å². The normalized spacial score (nSPS) is 10.7. The molecule has 1 N–H and O–H groups in total. The van der Waals surface area contributed by atoms with E-state index in [1.54, 1.807) is 10.9 Å². The first-order valence-electron chi connectivity index (χ1n) is 7.18. The van der Waals surface area contributed by atoms with Crippen LogP contribution in [0.4, 0.5) is 0 Å². The summed E-state index contributed by atoms with van der Waals surface area (Å²) >= 11 is 3.54. The number of carbonyl (C=O) groups excluding carboxylic acids is 1. The molecule has 0 atom stereocenters. The Morgan fingerprint density at radius 1 is 1.30 bits per heavy atom. The van der Waals surface area contributed by atoms with Gasteiger partial charge < -0.3 is 10.1 Å². The fourth-order valence-corrected chi connectivity index (χ4v) is 2.89. The highest BCUT2D eigenvalue weighted by Gasteiger charge is 2.08. The topological polar surface area (TPSA) is 56.2 Å². The Hall–Kier alpha value is -2.34. The van der Waals surface area contributed by atoms with E-state index in [9.17, 15) is 4.79 Å². The number of aryl methyl sites for hydroxylation is 1. The minimum atomic E-state index is -0.172. The fourth-order valence-electron chi connectivity index (χ4n) is 2.28. The third-order valence-electron chi connectivity index (χ3n) is 3.43. The van der Waals surface area contributed by atoms with E-state index in [-0.39, 0.29) is 12.5 Å². The Kier molecular flexibility index (Phi) is 4.62. The van der Waals surface area contributed by atoms with Crippen LogP contribution in [-0.4, -0.2) is 22.3 Å². The van der Waals surface area contributed by atoms with Crippen LogP contribution >= 0.6 is 15.9 Å². The highest BCUT2D eigenvalue weighted by Crippen LogP contribution is 2.32. The maximum Gasteiger partial charge on any atom is 0.258 e. The van der Waals surface area contributed by atoms with Gasteiger partial charge in [0.2, 0.25) is 0 Å². The molecule has 0 saturated carbocycles. The largest absolute Gasteiger partial charge is 0.483 e. The first kappa shape index (κ1) is 15.6. The quantitative estimate of drug-likeness (QED) is 0.747. The number of nitrogens with zero attached hydrogens (tertiary/aromatic N) is 2. The molecular formula is C17H16BrN3O2. The standard InChI is InChI=1S/C17H16BrN3O2/c1-21-10-12(9-20-21)8-19-16(22)11-23-15-7-6-13-4-2-3-5-14(13)17(15)18/h2-7,9-10H,8,11H2,1H3,(H,19,22). The van der Waals surface area contributed by atoms with Crippen molar-refractivity contribution in [1.29, 1.82) is 0 Å². The number of fused-ring (bicyclic) bond motifs is 1. The van der Waals surface area contributed by atoms with Gasteiger partial charge in [0.05, 0.1) is 10.7 Å². The van der Waals surface area contributed by atoms with Gasteiger partial charge in [-0.1, -0.05) is 30.3 Å². The van der Waals surface area contributed by atoms with Gasteiger partial charge in [0.25, 0.3) is 5.91 Å². The van der Waals surface area contributed by atoms with E-state index < -0.39 is 0 Å². The summed E-state index contributed by atoms with van der Waals surface area (Å²) in [5, 5.41) is 9.04. The lowest BCUT2D eigenvalue weighted by atomic mass is 10.1. The zero-order valence-electron chi connectivity index (χ0n) is 12.6. The average Bonchev–Trinajstić information content (AvgIpc) is 2.98. The molecule has 0 unspecified atom stereocenters. The minimum Gasteiger partial charge on any atom is -0.483 e. The Morgan fingerprint density at radius 2 is 2.13 bits per heavy atom. The maximum atomic E-state index is 11.9. The minimum absolute atomic E-state index is 0.0306. The van der Waals surface area contributed by atoms with Crippen molar-refractivity contribution < 1.29 is 9.53 Å². The molecule has 0 saturated heterocycles. The Morgan fingerprint density at radius 3 is 2.91 bits per heavy atom. The number of aromatic nitrogens is 2. The molecule has 2 aromatic carbocycles. The van der Waals surface area contributed by atoms with Crippen LogP contribution in [-0.2, 0) is 18.4 Å². The lowest BCUT2D eigenvalue weighted by molar-refractivity contribution is -0.123. The van der Waals surface area contributed by atoms with Crippen molar-refractivity contribution in [3.05, 3.63) is 58.8 Å². The van der Waals surface area contributed by atoms with E-state index in [0.29, 0.717) is 12.3 Å². The van der Waals surface area contributed by atoms with Gasteiger partial charge in [-0.2, -0.15) is 5.10 Å². The molecule has 3 aromatic rings. The highest BCUT2D eigenvalue weighted by atomic mass is 79.9. The number of amides is 1. The van der Waals surface area contributed by atoms with Crippen molar-refractivity contribution in [2.75, 3.05) is 6.61 Å². The molecule has 1 amide bonds. The third kappa shape index (κ3) is 3.71. The summed E-state index contributed by atoms with van der Waals surface area (Å²) in [7, 11) is 1.84. The number of benzene rings is 2. The van der Waals surface area contributed by atoms with Gasteiger partial charge in [-0.15, -0.1) is 0 Å². The van der Waals surface area contributed by atoms with Gasteiger partial charge in [-0.3, -0.25) is 9.48 Å². The number of hydrogen-bond acceptors (Lipinski definition) is 3. The van der Waals surface area contributed by atoms with E-state index in [4.69, 9.17) is 4.74 Å². The molecule has 3 rings (SSSR count). The summed E-state index contributed by atoms with van der Waals surface area (Å²) in [4.78, 5) is 11.9. The molecule has 5 nitrogen and oxygen atoms in total. The first-order valence-corrected chi connectivity index (χ1v) is 7.97. The first-order chi connectivity index (χ1) is 11.1. The summed E-state index contributed by atoms with van der Waals surface area (Å²) < 4.78 is 8.18. The van der Waals surface area contributed by atoms with E-state index in [0.717, 1.165) is 20.8 Å². The van der Waals surface area contributed by atoms with Gasteiger partial charge in [0, 0.05) is 25.4 Å². The molecule has 1 aromatic heterocycles. The predicted molar refractivity (Wildman–Crippen MR) is 92.2 cm³/mol.